The Morgan fingerprint density at radius 1 is 0.746 bits per heavy atom. The molecule has 1 aromatic heterocycles. The molecule has 4 aliphatic heterocycles. The maximum atomic E-state index is 14.5. The number of likely N-dealkylation sites (N-methyl/N-ethyl adjacent to an activating group) is 2. The first-order chi connectivity index (χ1) is 34.0. The molecule has 3 aromatic rings. The highest BCUT2D eigenvalue weighted by atomic mass is 32.2. The number of aromatic nitrogens is 3. The summed E-state index contributed by atoms with van der Waals surface area (Å²) in [7, 11) is 3.47. The highest BCUT2D eigenvalue weighted by molar-refractivity contribution is 8.00. The molecule has 71 heavy (non-hydrogen) atoms. The van der Waals surface area contributed by atoms with E-state index in [4.69, 9.17) is 9.47 Å². The topological polar surface area (TPSA) is 213 Å². The van der Waals surface area contributed by atoms with Gasteiger partial charge in [0.05, 0.1) is 80.1 Å². The van der Waals surface area contributed by atoms with E-state index < -0.39 is 41.7 Å². The molecule has 388 valence electrons. The van der Waals surface area contributed by atoms with E-state index in [0.29, 0.717) is 37.4 Å². The Labute approximate surface area is 427 Å². The lowest BCUT2D eigenvalue weighted by Gasteiger charge is -2.35. The summed E-state index contributed by atoms with van der Waals surface area (Å²) in [5.74, 6) is 0.730. The number of benzene rings is 2. The van der Waals surface area contributed by atoms with Crippen molar-refractivity contribution >= 4 is 53.1 Å². The number of carbonyl (C=O) groups excluding carboxylic acids is 5. The summed E-state index contributed by atoms with van der Waals surface area (Å²) in [5.41, 5.74) is 1.60. The van der Waals surface area contributed by atoms with Gasteiger partial charge in [0, 0.05) is 12.6 Å². The Bertz CT molecular complexity index is 2270. The number of rotatable bonds is 21. The average Bonchev–Trinajstić information content (AvgIpc) is 3.91. The zero-order chi connectivity index (χ0) is 50.9. The molecule has 6 N–H and O–H groups in total. The summed E-state index contributed by atoms with van der Waals surface area (Å²) in [6.45, 7) is 13.8. The lowest BCUT2D eigenvalue weighted by atomic mass is 9.83. The smallest absolute Gasteiger partial charge is 0.246 e. The number of hydrogen-bond donors (Lipinski definition) is 6. The summed E-state index contributed by atoms with van der Waals surface area (Å²) in [5, 5.41) is 27.3. The van der Waals surface area contributed by atoms with Gasteiger partial charge in [-0.2, -0.15) is 0 Å². The van der Waals surface area contributed by atoms with Gasteiger partial charge in [0.2, 0.25) is 29.5 Å². The van der Waals surface area contributed by atoms with Gasteiger partial charge in [0.25, 0.3) is 0 Å². The van der Waals surface area contributed by atoms with Gasteiger partial charge < -0.3 is 46.3 Å². The number of nitrogens with one attached hydrogen (secondary N) is 6. The van der Waals surface area contributed by atoms with Gasteiger partial charge in [-0.3, -0.25) is 28.9 Å². The number of amides is 5. The summed E-state index contributed by atoms with van der Waals surface area (Å²) in [6, 6.07) is 15.8. The average molecular weight is 1020 g/mol. The third-order valence-electron chi connectivity index (χ3n) is 14.4. The van der Waals surface area contributed by atoms with Crippen molar-refractivity contribution in [3.63, 3.8) is 0 Å². The molecular formula is C51H75N11O7S2. The fraction of sp³-hybridized carbons (Fsp3) is 0.627. The number of carbonyl (C=O) groups is 5. The van der Waals surface area contributed by atoms with Gasteiger partial charge in [0.15, 0.2) is 0 Å². The van der Waals surface area contributed by atoms with E-state index in [1.54, 1.807) is 42.4 Å². The van der Waals surface area contributed by atoms with Gasteiger partial charge in [-0.25, -0.2) is 4.68 Å². The highest BCUT2D eigenvalue weighted by Gasteiger charge is 2.55. The summed E-state index contributed by atoms with van der Waals surface area (Å²) in [6.07, 6.45) is 4.65. The molecule has 0 saturated carbocycles. The van der Waals surface area contributed by atoms with Crippen LogP contribution in [0.5, 0.6) is 0 Å². The fourth-order valence-electron chi connectivity index (χ4n) is 10.2. The number of ether oxygens (including phenoxy) is 2. The molecular weight excluding hydrogens is 943 g/mol. The monoisotopic (exact) mass is 1020 g/mol. The molecule has 0 bridgehead atoms. The minimum Gasteiger partial charge on any atom is -0.377 e. The second kappa shape index (κ2) is 24.4. The van der Waals surface area contributed by atoms with Crippen LogP contribution in [0.15, 0.2) is 66.9 Å². The second-order valence-electron chi connectivity index (χ2n) is 20.7. The van der Waals surface area contributed by atoms with E-state index in [9.17, 15) is 24.0 Å². The lowest BCUT2D eigenvalue weighted by Crippen LogP contribution is -2.58. The Balaban J connectivity index is 0.934. The first-order valence-corrected chi connectivity index (χ1v) is 27.1. The second-order valence-corrected chi connectivity index (χ2v) is 23.2. The van der Waals surface area contributed by atoms with Crippen molar-refractivity contribution in [2.45, 2.75) is 139 Å². The summed E-state index contributed by atoms with van der Waals surface area (Å²) in [4.78, 5) is 72.7. The SMILES string of the molecule is CN[C@@H](C)C(=O)N[C@H]1CCS[C@H]2CC(C)(C)[C@@H](C(=O)N[C@H](COCc3cn(CCOC[C@@H](NC(=O)[C@H]4N5C(=O)[C@@H](NC(=O)[C@H](C)NC)CCS[C@H]5CC4(C)C)c4ccccc4)nn3)c3ccccc3)N2C1. The number of thioether (sulfide) groups is 2. The van der Waals surface area contributed by atoms with E-state index in [1.807, 2.05) is 99.4 Å². The molecule has 7 rings (SSSR count). The maximum Gasteiger partial charge on any atom is 0.246 e. The Morgan fingerprint density at radius 3 is 1.93 bits per heavy atom. The predicted molar refractivity (Wildman–Crippen MR) is 276 cm³/mol. The van der Waals surface area contributed by atoms with Crippen LogP contribution in [0.4, 0.5) is 0 Å². The Morgan fingerprint density at radius 2 is 1.30 bits per heavy atom. The van der Waals surface area contributed by atoms with Crippen LogP contribution < -0.4 is 31.9 Å². The third kappa shape index (κ3) is 13.5. The molecule has 4 aliphatic rings. The van der Waals surface area contributed by atoms with Crippen molar-refractivity contribution < 1.29 is 33.4 Å². The van der Waals surface area contributed by atoms with Crippen molar-refractivity contribution in [2.24, 2.45) is 10.8 Å². The first kappa shape index (κ1) is 54.2. The van der Waals surface area contributed by atoms with Crippen molar-refractivity contribution in [3.05, 3.63) is 83.7 Å². The highest BCUT2D eigenvalue weighted by Crippen LogP contribution is 2.47. The Hall–Kier alpha value is -4.57. The largest absolute Gasteiger partial charge is 0.377 e. The maximum absolute atomic E-state index is 14.5. The van der Waals surface area contributed by atoms with E-state index in [0.717, 1.165) is 29.7 Å². The van der Waals surface area contributed by atoms with Crippen LogP contribution in [-0.4, -0.2) is 153 Å². The van der Waals surface area contributed by atoms with Crippen LogP contribution in [-0.2, 0) is 46.6 Å². The van der Waals surface area contributed by atoms with Crippen molar-refractivity contribution in [2.75, 3.05) is 52.0 Å². The molecule has 10 atom stereocenters. The standard InChI is InChI=1S/C51H75N11O7S2/c1-32(52-7)45(63)54-36-19-23-70-41-25-50(3,4)43(61(41)28-36)47(65)56-40(35-17-13-10-14-18-35)31-69-29-37-27-60(59-58-37)21-22-68-30-39(34-15-11-9-12-16-34)57-48(66)44-51(5,6)26-42-62(44)49(67)38(20-24-71-42)55-46(64)33(2)53-8/h9-18,27,32-33,36,38-44,52-53H,19-26,28-31H2,1-8H3,(H,54,63)(H,55,64)(H,56,65)(H,57,66)/t32-,33-,36-,38-,39+,40+,41-,42-,43+,44+/m0/s1. The van der Waals surface area contributed by atoms with Crippen LogP contribution in [0.25, 0.3) is 0 Å². The first-order valence-electron chi connectivity index (χ1n) is 25.0. The van der Waals surface area contributed by atoms with Gasteiger partial charge >= 0.3 is 0 Å². The van der Waals surface area contributed by atoms with Crippen molar-refractivity contribution in [1.82, 2.24) is 56.7 Å². The molecule has 5 heterocycles. The number of nitrogens with zero attached hydrogens (tertiary/aromatic N) is 5. The van der Waals surface area contributed by atoms with Crippen LogP contribution in [0.3, 0.4) is 0 Å². The van der Waals surface area contributed by atoms with Crippen molar-refractivity contribution in [1.29, 1.82) is 0 Å². The van der Waals surface area contributed by atoms with Gasteiger partial charge in [0.1, 0.15) is 17.8 Å². The van der Waals surface area contributed by atoms with Crippen LogP contribution in [0.2, 0.25) is 0 Å². The molecule has 0 aliphatic carbocycles. The molecule has 2 aromatic carbocycles. The molecule has 20 heteroatoms. The molecule has 4 saturated heterocycles. The predicted octanol–water partition coefficient (Wildman–Crippen LogP) is 3.37. The summed E-state index contributed by atoms with van der Waals surface area (Å²) >= 11 is 3.52. The molecule has 0 unspecified atom stereocenters. The van der Waals surface area contributed by atoms with Crippen LogP contribution in [0, 0.1) is 10.8 Å². The van der Waals surface area contributed by atoms with Crippen LogP contribution >= 0.6 is 23.5 Å². The molecule has 18 nitrogen and oxygen atoms in total. The van der Waals surface area contributed by atoms with Crippen molar-refractivity contribution in [3.8, 4) is 0 Å². The third-order valence-corrected chi connectivity index (χ3v) is 16.9. The molecule has 0 spiro atoms. The quantitative estimate of drug-likeness (QED) is 0.0846. The lowest BCUT2D eigenvalue weighted by molar-refractivity contribution is -0.144. The van der Waals surface area contributed by atoms with Gasteiger partial charge in [-0.05, 0) is 87.1 Å². The zero-order valence-corrected chi connectivity index (χ0v) is 44.2. The van der Waals surface area contributed by atoms with Gasteiger partial charge in [-0.1, -0.05) is 93.6 Å². The van der Waals surface area contributed by atoms with Crippen LogP contribution in [0.1, 0.15) is 96.1 Å². The molecule has 0 radical (unpaired) electrons. The van der Waals surface area contributed by atoms with Gasteiger partial charge in [-0.15, -0.1) is 28.6 Å². The van der Waals surface area contributed by atoms with E-state index in [1.165, 1.54) is 0 Å². The van der Waals surface area contributed by atoms with E-state index in [-0.39, 0.29) is 84.2 Å². The minimum absolute atomic E-state index is 0.0419. The van der Waals surface area contributed by atoms with E-state index in [2.05, 4.69) is 61.0 Å². The Kier molecular flexibility index (Phi) is 18.7. The van der Waals surface area contributed by atoms with E-state index >= 15 is 0 Å². The molecule has 5 amide bonds. The number of hydrogen-bond acceptors (Lipinski definition) is 14. The number of fused-ring (bicyclic) bond motifs is 2. The zero-order valence-electron chi connectivity index (χ0n) is 42.5. The molecule has 4 fully saturated rings. The minimum atomic E-state index is -0.749. The fourth-order valence-corrected chi connectivity index (χ4v) is 13.4. The summed E-state index contributed by atoms with van der Waals surface area (Å²) < 4.78 is 14.2. The normalized spacial score (nSPS) is 25.6.